The van der Waals surface area contributed by atoms with E-state index in [1.165, 1.54) is 12.1 Å². The maximum Gasteiger partial charge on any atom is 0.416 e. The molecule has 33 heavy (non-hydrogen) atoms. The van der Waals surface area contributed by atoms with E-state index < -0.39 is 11.7 Å². The van der Waals surface area contributed by atoms with Gasteiger partial charge in [0.15, 0.2) is 0 Å². The molecule has 2 amide bonds. The quantitative estimate of drug-likeness (QED) is 0.698. The van der Waals surface area contributed by atoms with Crippen molar-refractivity contribution >= 4 is 11.8 Å². The van der Waals surface area contributed by atoms with Crippen LogP contribution in [0.3, 0.4) is 0 Å². The first-order chi connectivity index (χ1) is 15.8. The standard InChI is InChI=1S/C24H32F3N3O3/c25-24(26,27)19-9-7-18(8-10-19)23(32)30-13-11-29(12-14-30)21(17-4-1-2-5-17)22(31)28-16-20-6-3-15-33-20/h7-10,17,20-21H,1-6,11-16H2,(H,28,31). The van der Waals surface area contributed by atoms with Gasteiger partial charge >= 0.3 is 6.18 Å². The fraction of sp³-hybridized carbons (Fsp3) is 0.667. The molecule has 0 bridgehead atoms. The lowest BCUT2D eigenvalue weighted by Crippen LogP contribution is -2.58. The zero-order valence-corrected chi connectivity index (χ0v) is 18.8. The first-order valence-corrected chi connectivity index (χ1v) is 11.9. The minimum absolute atomic E-state index is 0.0416. The summed E-state index contributed by atoms with van der Waals surface area (Å²) in [4.78, 5) is 29.8. The lowest BCUT2D eigenvalue weighted by atomic mass is 9.94. The predicted molar refractivity (Wildman–Crippen MR) is 117 cm³/mol. The maximum absolute atomic E-state index is 13.2. The monoisotopic (exact) mass is 467 g/mol. The van der Waals surface area contributed by atoms with E-state index in [-0.39, 0.29) is 29.5 Å². The van der Waals surface area contributed by atoms with E-state index in [2.05, 4.69) is 10.2 Å². The molecule has 1 N–H and O–H groups in total. The third-order valence-electron chi connectivity index (χ3n) is 7.10. The first-order valence-electron chi connectivity index (χ1n) is 11.9. The van der Waals surface area contributed by atoms with Crippen LogP contribution in [0.25, 0.3) is 0 Å². The van der Waals surface area contributed by atoms with Crippen molar-refractivity contribution in [3.8, 4) is 0 Å². The van der Waals surface area contributed by atoms with Crippen molar-refractivity contribution in [3.63, 3.8) is 0 Å². The van der Waals surface area contributed by atoms with Crippen LogP contribution in [0.1, 0.15) is 54.4 Å². The summed E-state index contributed by atoms with van der Waals surface area (Å²) in [6.45, 7) is 3.32. The summed E-state index contributed by atoms with van der Waals surface area (Å²) in [5.41, 5.74) is -0.518. The number of ether oxygens (including phenoxy) is 1. The molecule has 0 spiro atoms. The zero-order valence-electron chi connectivity index (χ0n) is 18.8. The molecule has 2 aliphatic heterocycles. The van der Waals surface area contributed by atoms with E-state index in [1.54, 1.807) is 4.90 Å². The molecule has 6 nitrogen and oxygen atoms in total. The number of carbonyl (C=O) groups excluding carboxylic acids is 2. The first kappa shape index (κ1) is 24.0. The van der Waals surface area contributed by atoms with E-state index in [0.29, 0.717) is 38.6 Å². The number of nitrogens with one attached hydrogen (secondary N) is 1. The van der Waals surface area contributed by atoms with Crippen LogP contribution in [0.4, 0.5) is 13.2 Å². The smallest absolute Gasteiger partial charge is 0.376 e. The van der Waals surface area contributed by atoms with Crippen molar-refractivity contribution in [3.05, 3.63) is 35.4 Å². The van der Waals surface area contributed by atoms with Crippen molar-refractivity contribution in [2.75, 3.05) is 39.3 Å². The Morgan fingerprint density at radius 3 is 2.24 bits per heavy atom. The number of halogens is 3. The number of alkyl halides is 3. The van der Waals surface area contributed by atoms with E-state index in [1.807, 2.05) is 0 Å². The molecule has 1 aromatic rings. The Morgan fingerprint density at radius 2 is 1.67 bits per heavy atom. The fourth-order valence-corrected chi connectivity index (χ4v) is 5.26. The molecule has 2 saturated heterocycles. The van der Waals surface area contributed by atoms with Gasteiger partial charge < -0.3 is 15.0 Å². The van der Waals surface area contributed by atoms with Gasteiger partial charge in [-0.2, -0.15) is 13.2 Å². The van der Waals surface area contributed by atoms with Crippen molar-refractivity contribution in [2.45, 2.75) is 56.8 Å². The highest BCUT2D eigenvalue weighted by molar-refractivity contribution is 5.94. The second-order valence-corrected chi connectivity index (χ2v) is 9.27. The maximum atomic E-state index is 13.2. The summed E-state index contributed by atoms with van der Waals surface area (Å²) >= 11 is 0. The largest absolute Gasteiger partial charge is 0.416 e. The second kappa shape index (κ2) is 10.4. The third kappa shape index (κ3) is 5.87. The average molecular weight is 468 g/mol. The van der Waals surface area contributed by atoms with Gasteiger partial charge in [-0.1, -0.05) is 12.8 Å². The third-order valence-corrected chi connectivity index (χ3v) is 7.10. The minimum Gasteiger partial charge on any atom is -0.376 e. The van der Waals surface area contributed by atoms with Gasteiger partial charge in [-0.3, -0.25) is 14.5 Å². The predicted octanol–water partition coefficient (Wildman–Crippen LogP) is 3.32. The molecule has 2 atom stereocenters. The Morgan fingerprint density at radius 1 is 1.00 bits per heavy atom. The van der Waals surface area contributed by atoms with Crippen LogP contribution < -0.4 is 5.32 Å². The Bertz CT molecular complexity index is 810. The molecule has 1 aromatic carbocycles. The summed E-state index contributed by atoms with van der Waals surface area (Å²) in [6.07, 6.45) is 1.99. The summed E-state index contributed by atoms with van der Waals surface area (Å²) in [5, 5.41) is 3.10. The molecular weight excluding hydrogens is 435 g/mol. The van der Waals surface area contributed by atoms with E-state index in [0.717, 1.165) is 57.3 Å². The molecule has 1 saturated carbocycles. The Labute approximate surface area is 192 Å². The van der Waals surface area contributed by atoms with Crippen molar-refractivity contribution < 1.29 is 27.5 Å². The summed E-state index contributed by atoms with van der Waals surface area (Å²) in [6, 6.07) is 4.14. The van der Waals surface area contributed by atoms with E-state index in [4.69, 9.17) is 4.74 Å². The Balaban J connectivity index is 1.35. The average Bonchev–Trinajstić information content (AvgIpc) is 3.52. The summed E-state index contributed by atoms with van der Waals surface area (Å²) in [7, 11) is 0. The normalized spacial score (nSPS) is 23.6. The number of carbonyl (C=O) groups is 2. The van der Waals surface area contributed by atoms with Crippen LogP contribution in [0.5, 0.6) is 0 Å². The number of benzene rings is 1. The molecule has 1 aliphatic carbocycles. The topological polar surface area (TPSA) is 61.9 Å². The molecule has 9 heteroatoms. The van der Waals surface area contributed by atoms with Crippen molar-refractivity contribution in [1.82, 2.24) is 15.1 Å². The van der Waals surface area contributed by atoms with E-state index >= 15 is 0 Å². The number of piperazine rings is 1. The molecule has 3 fully saturated rings. The highest BCUT2D eigenvalue weighted by Crippen LogP contribution is 2.32. The number of nitrogens with zero attached hydrogens (tertiary/aromatic N) is 2. The van der Waals surface area contributed by atoms with Crippen LogP contribution in [0.15, 0.2) is 24.3 Å². The molecule has 2 heterocycles. The summed E-state index contributed by atoms with van der Waals surface area (Å²) < 4.78 is 44.0. The van der Waals surface area contributed by atoms with Gasteiger partial charge in [-0.05, 0) is 55.9 Å². The highest BCUT2D eigenvalue weighted by atomic mass is 19.4. The van der Waals surface area contributed by atoms with Gasteiger partial charge in [0.25, 0.3) is 5.91 Å². The minimum atomic E-state index is -4.42. The highest BCUT2D eigenvalue weighted by Gasteiger charge is 2.38. The van der Waals surface area contributed by atoms with E-state index in [9.17, 15) is 22.8 Å². The molecule has 3 aliphatic rings. The van der Waals surface area contributed by atoms with Gasteiger partial charge in [0.2, 0.25) is 5.91 Å². The van der Waals surface area contributed by atoms with Gasteiger partial charge in [0.05, 0.1) is 17.7 Å². The number of rotatable bonds is 6. The molecule has 0 radical (unpaired) electrons. The van der Waals surface area contributed by atoms with Crippen LogP contribution in [0.2, 0.25) is 0 Å². The van der Waals surface area contributed by atoms with Crippen LogP contribution in [-0.2, 0) is 15.7 Å². The number of hydrogen-bond acceptors (Lipinski definition) is 4. The molecule has 182 valence electrons. The Hall–Kier alpha value is -2.13. The van der Waals surface area contributed by atoms with Crippen LogP contribution >= 0.6 is 0 Å². The summed E-state index contributed by atoms with van der Waals surface area (Å²) in [5.74, 6) is 0.0789. The number of amides is 2. The molecule has 0 aromatic heterocycles. The molecule has 2 unspecified atom stereocenters. The van der Waals surface area contributed by atoms with Crippen molar-refractivity contribution in [1.29, 1.82) is 0 Å². The zero-order chi connectivity index (χ0) is 23.4. The molecular formula is C24H32F3N3O3. The fourth-order valence-electron chi connectivity index (χ4n) is 5.26. The lowest BCUT2D eigenvalue weighted by molar-refractivity contribution is -0.137. The van der Waals surface area contributed by atoms with Gasteiger partial charge in [0, 0.05) is 44.9 Å². The number of hydrogen-bond donors (Lipinski definition) is 1. The van der Waals surface area contributed by atoms with Gasteiger partial charge in [0.1, 0.15) is 0 Å². The van der Waals surface area contributed by atoms with Gasteiger partial charge in [-0.15, -0.1) is 0 Å². The second-order valence-electron chi connectivity index (χ2n) is 9.27. The Kier molecular flexibility index (Phi) is 7.58. The van der Waals surface area contributed by atoms with Crippen LogP contribution in [-0.4, -0.2) is 73.1 Å². The molecule has 4 rings (SSSR count). The van der Waals surface area contributed by atoms with Crippen LogP contribution in [0, 0.1) is 5.92 Å². The SMILES string of the molecule is O=C(NCC1CCCO1)C(C1CCCC1)N1CCN(C(=O)c2ccc(C(F)(F)F)cc2)CC1. The lowest BCUT2D eigenvalue weighted by Gasteiger charge is -2.41. The van der Waals surface area contributed by atoms with Crippen molar-refractivity contribution in [2.24, 2.45) is 5.92 Å². The van der Waals surface area contributed by atoms with Gasteiger partial charge in [-0.25, -0.2) is 0 Å².